The second kappa shape index (κ2) is 9.90. The van der Waals surface area contributed by atoms with Crippen molar-refractivity contribution in [3.05, 3.63) is 65.7 Å². The normalized spacial score (nSPS) is 14.5. The molecule has 1 saturated heterocycles. The van der Waals surface area contributed by atoms with Crippen molar-refractivity contribution in [1.82, 2.24) is 9.80 Å². The van der Waals surface area contributed by atoms with E-state index in [2.05, 4.69) is 34.5 Å². The molecule has 0 radical (unpaired) electrons. The van der Waals surface area contributed by atoms with Gasteiger partial charge in [-0.05, 0) is 24.6 Å². The fourth-order valence-electron chi connectivity index (χ4n) is 3.30. The van der Waals surface area contributed by atoms with Crippen molar-refractivity contribution >= 4 is 17.6 Å². The van der Waals surface area contributed by atoms with Crippen LogP contribution in [0, 0.1) is 0 Å². The van der Waals surface area contributed by atoms with E-state index in [1.807, 2.05) is 17.0 Å². The number of nitrogens with zero attached hydrogens (tertiary/aromatic N) is 2. The average Bonchev–Trinajstić information content (AvgIpc) is 2.73. The van der Waals surface area contributed by atoms with Gasteiger partial charge in [0, 0.05) is 38.4 Å². The Morgan fingerprint density at radius 3 is 2.36 bits per heavy atom. The van der Waals surface area contributed by atoms with Gasteiger partial charge in [0.2, 0.25) is 5.91 Å². The van der Waals surface area contributed by atoms with Crippen LogP contribution >= 0.6 is 0 Å². The van der Waals surface area contributed by atoms with Gasteiger partial charge in [-0.15, -0.1) is 0 Å². The van der Waals surface area contributed by atoms with Crippen molar-refractivity contribution in [3.8, 4) is 0 Å². The summed E-state index contributed by atoms with van der Waals surface area (Å²) < 4.78 is 5.07. The standard InChI is InChI=1S/C22H27N3O3/c1-2-28-22(27)19-10-6-7-11-20(19)23-16-21(26)25-14-12-24(13-15-25)17-18-8-4-3-5-9-18/h3-11,23H,2,12-17H2,1H3. The molecule has 1 aliphatic rings. The van der Waals surface area contributed by atoms with E-state index in [0.717, 1.165) is 19.6 Å². The summed E-state index contributed by atoms with van der Waals surface area (Å²) in [5.74, 6) is -0.342. The maximum atomic E-state index is 12.6. The fourth-order valence-corrected chi connectivity index (χ4v) is 3.30. The van der Waals surface area contributed by atoms with E-state index in [9.17, 15) is 9.59 Å². The fraction of sp³-hybridized carbons (Fsp3) is 0.364. The second-order valence-electron chi connectivity index (χ2n) is 6.76. The van der Waals surface area contributed by atoms with Crippen LogP contribution in [0.1, 0.15) is 22.8 Å². The predicted molar refractivity (Wildman–Crippen MR) is 109 cm³/mol. The van der Waals surface area contributed by atoms with Crippen LogP contribution in [-0.2, 0) is 16.1 Å². The Bertz CT molecular complexity index is 787. The van der Waals surface area contributed by atoms with Gasteiger partial charge in [-0.25, -0.2) is 4.79 Å². The summed E-state index contributed by atoms with van der Waals surface area (Å²) in [6, 6.07) is 17.5. The summed E-state index contributed by atoms with van der Waals surface area (Å²) in [6.45, 7) is 6.32. The minimum atomic E-state index is -0.382. The highest BCUT2D eigenvalue weighted by Crippen LogP contribution is 2.16. The van der Waals surface area contributed by atoms with Crippen LogP contribution in [0.25, 0.3) is 0 Å². The van der Waals surface area contributed by atoms with Crippen LogP contribution in [0.4, 0.5) is 5.69 Å². The van der Waals surface area contributed by atoms with E-state index < -0.39 is 0 Å². The number of esters is 1. The number of anilines is 1. The van der Waals surface area contributed by atoms with Gasteiger partial charge in [-0.2, -0.15) is 0 Å². The van der Waals surface area contributed by atoms with Gasteiger partial charge in [0.05, 0.1) is 18.7 Å². The lowest BCUT2D eigenvalue weighted by Crippen LogP contribution is -2.49. The molecule has 0 unspecified atom stereocenters. The lowest BCUT2D eigenvalue weighted by Gasteiger charge is -2.35. The van der Waals surface area contributed by atoms with Crippen LogP contribution in [0.5, 0.6) is 0 Å². The molecule has 0 saturated carbocycles. The highest BCUT2D eigenvalue weighted by molar-refractivity contribution is 5.96. The number of ether oxygens (including phenoxy) is 1. The number of carbonyl (C=O) groups excluding carboxylic acids is 2. The second-order valence-corrected chi connectivity index (χ2v) is 6.76. The Morgan fingerprint density at radius 1 is 0.964 bits per heavy atom. The number of piperazine rings is 1. The van der Waals surface area contributed by atoms with Crippen molar-refractivity contribution in [2.45, 2.75) is 13.5 Å². The summed E-state index contributed by atoms with van der Waals surface area (Å²) in [7, 11) is 0. The molecule has 1 amide bonds. The summed E-state index contributed by atoms with van der Waals surface area (Å²) in [5, 5.41) is 3.10. The third-order valence-corrected chi connectivity index (χ3v) is 4.83. The highest BCUT2D eigenvalue weighted by atomic mass is 16.5. The zero-order chi connectivity index (χ0) is 19.8. The number of hydrogen-bond donors (Lipinski definition) is 1. The van der Waals surface area contributed by atoms with Gasteiger partial charge < -0.3 is 15.0 Å². The average molecular weight is 381 g/mol. The van der Waals surface area contributed by atoms with Crippen molar-refractivity contribution < 1.29 is 14.3 Å². The Balaban J connectivity index is 1.48. The summed E-state index contributed by atoms with van der Waals surface area (Å²) >= 11 is 0. The molecule has 3 rings (SSSR count). The van der Waals surface area contributed by atoms with Crippen molar-refractivity contribution in [3.63, 3.8) is 0 Å². The van der Waals surface area contributed by atoms with Gasteiger partial charge in [0.1, 0.15) is 0 Å². The SMILES string of the molecule is CCOC(=O)c1ccccc1NCC(=O)N1CCN(Cc2ccccc2)CC1. The highest BCUT2D eigenvalue weighted by Gasteiger charge is 2.21. The maximum Gasteiger partial charge on any atom is 0.340 e. The summed E-state index contributed by atoms with van der Waals surface area (Å²) in [5.41, 5.74) is 2.36. The number of carbonyl (C=O) groups is 2. The molecule has 1 aliphatic heterocycles. The van der Waals surface area contributed by atoms with Crippen LogP contribution in [0.3, 0.4) is 0 Å². The number of hydrogen-bond acceptors (Lipinski definition) is 5. The van der Waals surface area contributed by atoms with Crippen LogP contribution in [-0.4, -0.2) is 61.0 Å². The number of rotatable bonds is 7. The molecule has 1 heterocycles. The van der Waals surface area contributed by atoms with Gasteiger partial charge in [-0.3, -0.25) is 9.69 Å². The first-order valence-electron chi connectivity index (χ1n) is 9.71. The lowest BCUT2D eigenvalue weighted by molar-refractivity contribution is -0.131. The minimum absolute atomic E-state index is 0.0398. The molecule has 0 bridgehead atoms. The Labute approximate surface area is 166 Å². The molecule has 6 nitrogen and oxygen atoms in total. The van der Waals surface area contributed by atoms with E-state index in [0.29, 0.717) is 30.9 Å². The van der Waals surface area contributed by atoms with Crippen molar-refractivity contribution in [1.29, 1.82) is 0 Å². The topological polar surface area (TPSA) is 61.9 Å². The summed E-state index contributed by atoms with van der Waals surface area (Å²) in [6.07, 6.45) is 0. The molecule has 0 aromatic heterocycles. The van der Waals surface area contributed by atoms with Gasteiger partial charge in [0.25, 0.3) is 0 Å². The van der Waals surface area contributed by atoms with Gasteiger partial charge in [-0.1, -0.05) is 42.5 Å². The first-order valence-corrected chi connectivity index (χ1v) is 9.71. The molecule has 2 aromatic rings. The minimum Gasteiger partial charge on any atom is -0.462 e. The lowest BCUT2D eigenvalue weighted by atomic mass is 10.1. The predicted octanol–water partition coefficient (Wildman–Crippen LogP) is 2.62. The molecule has 28 heavy (non-hydrogen) atoms. The van der Waals surface area contributed by atoms with Crippen molar-refractivity contribution in [2.24, 2.45) is 0 Å². The monoisotopic (exact) mass is 381 g/mol. The van der Waals surface area contributed by atoms with Crippen LogP contribution < -0.4 is 5.32 Å². The van der Waals surface area contributed by atoms with Gasteiger partial charge >= 0.3 is 5.97 Å². The van der Waals surface area contributed by atoms with Gasteiger partial charge in [0.15, 0.2) is 0 Å². The van der Waals surface area contributed by atoms with Crippen LogP contribution in [0.2, 0.25) is 0 Å². The Hall–Kier alpha value is -2.86. The van der Waals surface area contributed by atoms with E-state index in [-0.39, 0.29) is 18.4 Å². The molecule has 0 spiro atoms. The smallest absolute Gasteiger partial charge is 0.340 e. The van der Waals surface area contributed by atoms with Crippen LogP contribution in [0.15, 0.2) is 54.6 Å². The summed E-state index contributed by atoms with van der Waals surface area (Å²) in [4.78, 5) is 28.8. The molecule has 0 atom stereocenters. The third kappa shape index (κ3) is 5.33. The zero-order valence-corrected chi connectivity index (χ0v) is 16.3. The number of para-hydroxylation sites is 1. The molecule has 1 N–H and O–H groups in total. The Kier molecular flexibility index (Phi) is 7.03. The molecule has 6 heteroatoms. The quantitative estimate of drug-likeness (QED) is 0.747. The first-order chi connectivity index (χ1) is 13.7. The third-order valence-electron chi connectivity index (χ3n) is 4.83. The molecule has 2 aromatic carbocycles. The largest absolute Gasteiger partial charge is 0.462 e. The van der Waals surface area contributed by atoms with E-state index >= 15 is 0 Å². The van der Waals surface area contributed by atoms with E-state index in [4.69, 9.17) is 4.74 Å². The van der Waals surface area contributed by atoms with E-state index in [1.54, 1.807) is 25.1 Å². The van der Waals surface area contributed by atoms with E-state index in [1.165, 1.54) is 5.56 Å². The zero-order valence-electron chi connectivity index (χ0n) is 16.3. The molecular weight excluding hydrogens is 354 g/mol. The molecular formula is C22H27N3O3. The first kappa shape index (κ1) is 19.9. The Morgan fingerprint density at radius 2 is 1.64 bits per heavy atom. The molecule has 1 fully saturated rings. The number of benzene rings is 2. The molecule has 0 aliphatic carbocycles. The molecule has 148 valence electrons. The van der Waals surface area contributed by atoms with Crippen molar-refractivity contribution in [2.75, 3.05) is 44.6 Å². The number of amides is 1. The maximum absolute atomic E-state index is 12.6. The number of nitrogens with one attached hydrogen (secondary N) is 1.